The van der Waals surface area contributed by atoms with Gasteiger partial charge in [-0.05, 0) is 30.8 Å². The summed E-state index contributed by atoms with van der Waals surface area (Å²) in [5, 5.41) is 16.7. The molecule has 16 heavy (non-hydrogen) atoms. The zero-order valence-electron chi connectivity index (χ0n) is 8.36. The van der Waals surface area contributed by atoms with Crippen molar-refractivity contribution >= 4 is 23.4 Å². The van der Waals surface area contributed by atoms with Gasteiger partial charge >= 0.3 is 0 Å². The summed E-state index contributed by atoms with van der Waals surface area (Å²) in [5.41, 5.74) is 0.455. The number of H-pyrrole nitrogens is 1. The van der Waals surface area contributed by atoms with Gasteiger partial charge in [-0.25, -0.2) is 4.98 Å². The zero-order chi connectivity index (χ0) is 11.5. The second-order valence-electron chi connectivity index (χ2n) is 3.03. The average Bonchev–Trinajstić information content (AvgIpc) is 2.64. The van der Waals surface area contributed by atoms with Crippen LogP contribution in [0.2, 0.25) is 5.02 Å². The Labute approximate surface area is 102 Å². The van der Waals surface area contributed by atoms with E-state index < -0.39 is 0 Å². The number of benzene rings is 1. The van der Waals surface area contributed by atoms with Crippen molar-refractivity contribution in [3.05, 3.63) is 34.6 Å². The number of nitrogens with zero attached hydrogens (tertiary/aromatic N) is 3. The standard InChI is InChI=1S/C10H7ClN4S/c1-6-13-10(15-14-6)16-9-4-2-3-8(11)7(9)5-12/h2-4H,1H3,(H,13,14,15). The number of aromatic nitrogens is 3. The molecule has 0 aliphatic rings. The molecule has 0 fully saturated rings. The first-order chi connectivity index (χ1) is 7.70. The highest BCUT2D eigenvalue weighted by molar-refractivity contribution is 7.99. The smallest absolute Gasteiger partial charge is 0.213 e. The van der Waals surface area contributed by atoms with Crippen molar-refractivity contribution in [1.82, 2.24) is 15.2 Å². The van der Waals surface area contributed by atoms with Crippen LogP contribution in [0.4, 0.5) is 0 Å². The molecular formula is C10H7ClN4S. The van der Waals surface area contributed by atoms with Gasteiger partial charge in [-0.3, -0.25) is 5.10 Å². The molecule has 0 aliphatic heterocycles. The molecule has 2 rings (SSSR count). The van der Waals surface area contributed by atoms with Gasteiger partial charge in [0.1, 0.15) is 11.9 Å². The topological polar surface area (TPSA) is 65.4 Å². The number of nitriles is 1. The summed E-state index contributed by atoms with van der Waals surface area (Å²) in [5.74, 6) is 0.739. The van der Waals surface area contributed by atoms with Crippen LogP contribution in [0.5, 0.6) is 0 Å². The van der Waals surface area contributed by atoms with E-state index in [1.54, 1.807) is 12.1 Å². The number of hydrogen-bond donors (Lipinski definition) is 1. The minimum absolute atomic E-state index is 0.444. The van der Waals surface area contributed by atoms with Crippen LogP contribution in [-0.4, -0.2) is 15.2 Å². The molecule has 0 unspecified atom stereocenters. The van der Waals surface area contributed by atoms with Gasteiger partial charge in [0.2, 0.25) is 5.16 Å². The predicted octanol–water partition coefficient (Wildman–Crippen LogP) is 2.79. The lowest BCUT2D eigenvalue weighted by molar-refractivity contribution is 0.969. The Hall–Kier alpha value is -1.51. The van der Waals surface area contributed by atoms with Crippen molar-refractivity contribution in [2.24, 2.45) is 0 Å². The Kier molecular flexibility index (Phi) is 3.13. The Morgan fingerprint density at radius 3 is 2.94 bits per heavy atom. The second-order valence-corrected chi connectivity index (χ2v) is 4.45. The number of aromatic amines is 1. The number of rotatable bonds is 2. The Balaban J connectivity index is 2.35. The van der Waals surface area contributed by atoms with Crippen molar-refractivity contribution in [3.8, 4) is 6.07 Å². The third kappa shape index (κ3) is 2.18. The lowest BCUT2D eigenvalue weighted by Crippen LogP contribution is -1.84. The summed E-state index contributed by atoms with van der Waals surface area (Å²) in [6.07, 6.45) is 0. The van der Waals surface area contributed by atoms with E-state index in [4.69, 9.17) is 16.9 Å². The fraction of sp³-hybridized carbons (Fsp3) is 0.100. The van der Waals surface area contributed by atoms with E-state index in [2.05, 4.69) is 21.3 Å². The van der Waals surface area contributed by atoms with Gasteiger partial charge in [-0.15, -0.1) is 5.10 Å². The van der Waals surface area contributed by atoms with Crippen LogP contribution in [-0.2, 0) is 0 Å². The minimum atomic E-state index is 0.444. The average molecular weight is 251 g/mol. The maximum atomic E-state index is 8.99. The first kappa shape index (κ1) is 11.0. The molecule has 0 atom stereocenters. The van der Waals surface area contributed by atoms with E-state index in [1.807, 2.05) is 13.0 Å². The molecule has 0 saturated carbocycles. The highest BCUT2D eigenvalue weighted by Gasteiger charge is 2.10. The molecule has 0 spiro atoms. The lowest BCUT2D eigenvalue weighted by Gasteiger charge is -2.01. The summed E-state index contributed by atoms with van der Waals surface area (Å²) in [6.45, 7) is 1.82. The molecule has 0 radical (unpaired) electrons. The molecule has 6 heteroatoms. The fourth-order valence-electron chi connectivity index (χ4n) is 1.16. The van der Waals surface area contributed by atoms with E-state index >= 15 is 0 Å². The molecule has 0 saturated heterocycles. The minimum Gasteiger partial charge on any atom is -0.262 e. The first-order valence-corrected chi connectivity index (χ1v) is 5.65. The van der Waals surface area contributed by atoms with Crippen molar-refractivity contribution in [1.29, 1.82) is 5.26 Å². The fourth-order valence-corrected chi connectivity index (χ4v) is 2.31. The molecule has 0 aliphatic carbocycles. The zero-order valence-corrected chi connectivity index (χ0v) is 9.93. The van der Waals surface area contributed by atoms with Crippen LogP contribution in [0.1, 0.15) is 11.4 Å². The third-order valence-corrected chi connectivity index (χ3v) is 3.11. The van der Waals surface area contributed by atoms with Crippen LogP contribution < -0.4 is 0 Å². The van der Waals surface area contributed by atoms with Gasteiger partial charge in [0.15, 0.2) is 0 Å². The Morgan fingerprint density at radius 1 is 1.50 bits per heavy atom. The number of halogens is 1. The van der Waals surface area contributed by atoms with Crippen LogP contribution >= 0.6 is 23.4 Å². The molecule has 0 bridgehead atoms. The van der Waals surface area contributed by atoms with Crippen molar-refractivity contribution in [2.45, 2.75) is 17.0 Å². The maximum Gasteiger partial charge on any atom is 0.213 e. The van der Waals surface area contributed by atoms with Crippen LogP contribution in [0.15, 0.2) is 28.3 Å². The van der Waals surface area contributed by atoms with Crippen molar-refractivity contribution in [2.75, 3.05) is 0 Å². The van der Waals surface area contributed by atoms with E-state index in [9.17, 15) is 0 Å². The highest BCUT2D eigenvalue weighted by atomic mass is 35.5. The van der Waals surface area contributed by atoms with Crippen LogP contribution in [0, 0.1) is 18.3 Å². The SMILES string of the molecule is Cc1nc(Sc2cccc(Cl)c2C#N)n[nH]1. The number of hydrogen-bond acceptors (Lipinski definition) is 4. The molecule has 0 amide bonds. The predicted molar refractivity (Wildman–Crippen MR) is 61.4 cm³/mol. The molecule has 4 nitrogen and oxygen atoms in total. The van der Waals surface area contributed by atoms with E-state index in [0.29, 0.717) is 15.7 Å². The summed E-state index contributed by atoms with van der Waals surface area (Å²) >= 11 is 7.23. The monoisotopic (exact) mass is 250 g/mol. The number of nitrogens with one attached hydrogen (secondary N) is 1. The highest BCUT2D eigenvalue weighted by Crippen LogP contribution is 2.31. The molecular weight excluding hydrogens is 244 g/mol. The van der Waals surface area contributed by atoms with Crippen molar-refractivity contribution < 1.29 is 0 Å². The normalized spacial score (nSPS) is 10.1. The Morgan fingerprint density at radius 2 is 2.31 bits per heavy atom. The van der Waals surface area contributed by atoms with E-state index in [1.165, 1.54) is 11.8 Å². The Bertz CT molecular complexity index is 558. The summed E-state index contributed by atoms with van der Waals surface area (Å²) < 4.78 is 0. The third-order valence-electron chi connectivity index (χ3n) is 1.87. The van der Waals surface area contributed by atoms with Gasteiger partial charge in [-0.2, -0.15) is 5.26 Å². The molecule has 80 valence electrons. The molecule has 1 heterocycles. The van der Waals surface area contributed by atoms with Gasteiger partial charge in [0.05, 0.1) is 10.6 Å². The molecule has 1 aromatic heterocycles. The summed E-state index contributed by atoms with van der Waals surface area (Å²) in [4.78, 5) is 4.91. The van der Waals surface area contributed by atoms with Crippen LogP contribution in [0.25, 0.3) is 0 Å². The molecule has 2 aromatic rings. The summed E-state index contributed by atoms with van der Waals surface area (Å²) in [6, 6.07) is 7.38. The number of aryl methyl sites for hydroxylation is 1. The van der Waals surface area contributed by atoms with Gasteiger partial charge < -0.3 is 0 Å². The molecule has 1 N–H and O–H groups in total. The van der Waals surface area contributed by atoms with Gasteiger partial charge in [0.25, 0.3) is 0 Å². The molecule has 1 aromatic carbocycles. The maximum absolute atomic E-state index is 8.99. The van der Waals surface area contributed by atoms with E-state index in [-0.39, 0.29) is 0 Å². The lowest BCUT2D eigenvalue weighted by atomic mass is 10.2. The summed E-state index contributed by atoms with van der Waals surface area (Å²) in [7, 11) is 0. The van der Waals surface area contributed by atoms with E-state index in [0.717, 1.165) is 10.7 Å². The van der Waals surface area contributed by atoms with Gasteiger partial charge in [-0.1, -0.05) is 17.7 Å². The quantitative estimate of drug-likeness (QED) is 0.890. The first-order valence-electron chi connectivity index (χ1n) is 4.46. The van der Waals surface area contributed by atoms with Crippen molar-refractivity contribution in [3.63, 3.8) is 0 Å². The van der Waals surface area contributed by atoms with Gasteiger partial charge in [0, 0.05) is 4.90 Å². The second kappa shape index (κ2) is 4.56. The largest absolute Gasteiger partial charge is 0.262 e. The van der Waals surface area contributed by atoms with Crippen LogP contribution in [0.3, 0.4) is 0 Å².